The van der Waals surface area contributed by atoms with E-state index in [2.05, 4.69) is 6.07 Å². The van der Waals surface area contributed by atoms with Gasteiger partial charge in [-0.05, 0) is 53.1 Å². The van der Waals surface area contributed by atoms with Gasteiger partial charge in [-0.15, -0.1) is 0 Å². The summed E-state index contributed by atoms with van der Waals surface area (Å²) >= 11 is 0. The molecule has 4 aromatic carbocycles. The highest BCUT2D eigenvalue weighted by atomic mass is 16.5. The summed E-state index contributed by atoms with van der Waals surface area (Å²) in [5.74, 6) is 0.807. The number of ether oxygens (including phenoxy) is 5. The first-order valence-electron chi connectivity index (χ1n) is 14.8. The second-order valence-electron chi connectivity index (χ2n) is 11.2. The summed E-state index contributed by atoms with van der Waals surface area (Å²) in [5, 5.41) is 21.1. The van der Waals surface area contributed by atoms with E-state index in [4.69, 9.17) is 28.1 Å². The van der Waals surface area contributed by atoms with Crippen molar-refractivity contribution >= 4 is 16.9 Å². The molecule has 234 valence electrons. The summed E-state index contributed by atoms with van der Waals surface area (Å²) < 4.78 is 34.4. The SMILES string of the molecule is COc1ccc(-c2cc(=O)c3c(O)cc4c(c3o2)C(c2ccc(OC)c(OCCc3ccc5c(c3)CCO5)c2)CC(=O)O4)cc1O. The lowest BCUT2D eigenvalue weighted by Gasteiger charge is -2.26. The van der Waals surface area contributed by atoms with Gasteiger partial charge in [0.1, 0.15) is 34.0 Å². The quantitative estimate of drug-likeness (QED) is 0.159. The zero-order valence-corrected chi connectivity index (χ0v) is 25.1. The molecule has 2 N–H and O–H groups in total. The van der Waals surface area contributed by atoms with Crippen LogP contribution in [-0.2, 0) is 17.6 Å². The Labute approximate surface area is 263 Å². The molecule has 0 fully saturated rings. The maximum Gasteiger partial charge on any atom is 0.312 e. The standard InChI is InChI=1S/C36H30O10/c1-41-28-7-5-21(14-24(28)37)30-17-25(38)35-26(39)18-32-34(36(35)46-30)23(16-33(40)45-32)20-4-8-29(42-2)31(15-20)44-11-9-19-3-6-27-22(13-19)10-12-43-27/h3-8,13-15,17-18,23,37,39H,9-12,16H2,1-2H3. The van der Waals surface area contributed by atoms with Crippen molar-refractivity contribution in [1.29, 1.82) is 0 Å². The third-order valence-electron chi connectivity index (χ3n) is 8.38. The van der Waals surface area contributed by atoms with Gasteiger partial charge in [-0.25, -0.2) is 0 Å². The monoisotopic (exact) mass is 622 g/mol. The van der Waals surface area contributed by atoms with Crippen LogP contribution in [0.2, 0.25) is 0 Å². The third kappa shape index (κ3) is 5.21. The molecule has 0 radical (unpaired) electrons. The molecule has 0 amide bonds. The number of hydrogen-bond donors (Lipinski definition) is 2. The van der Waals surface area contributed by atoms with E-state index in [9.17, 15) is 19.8 Å². The number of benzene rings is 4. The fourth-order valence-electron chi connectivity index (χ4n) is 6.13. The van der Waals surface area contributed by atoms with Crippen LogP contribution in [0, 0.1) is 0 Å². The van der Waals surface area contributed by atoms with Gasteiger partial charge in [-0.3, -0.25) is 9.59 Å². The lowest BCUT2D eigenvalue weighted by Crippen LogP contribution is -2.22. The highest BCUT2D eigenvalue weighted by Gasteiger charge is 2.34. The molecule has 10 nitrogen and oxygen atoms in total. The topological polar surface area (TPSA) is 134 Å². The Hall–Kier alpha value is -5.64. The number of phenolic OH excluding ortho intramolecular Hbond substituents is 2. The number of methoxy groups -OCH3 is 2. The van der Waals surface area contributed by atoms with Crippen LogP contribution in [0.4, 0.5) is 0 Å². The molecular formula is C36H30O10. The predicted octanol–water partition coefficient (Wildman–Crippen LogP) is 5.89. The van der Waals surface area contributed by atoms with Crippen molar-refractivity contribution in [3.63, 3.8) is 0 Å². The number of fused-ring (bicyclic) bond motifs is 4. The number of hydrogen-bond acceptors (Lipinski definition) is 10. The van der Waals surface area contributed by atoms with E-state index < -0.39 is 17.3 Å². The molecule has 0 aliphatic carbocycles. The van der Waals surface area contributed by atoms with Crippen molar-refractivity contribution in [1.82, 2.24) is 0 Å². The smallest absolute Gasteiger partial charge is 0.312 e. The number of aromatic hydroxyl groups is 2. The van der Waals surface area contributed by atoms with Gasteiger partial charge < -0.3 is 38.3 Å². The van der Waals surface area contributed by atoms with Crippen LogP contribution in [0.3, 0.4) is 0 Å². The fraction of sp³-hybridized carbons (Fsp3) is 0.222. The van der Waals surface area contributed by atoms with Crippen molar-refractivity contribution in [2.75, 3.05) is 27.4 Å². The lowest BCUT2D eigenvalue weighted by molar-refractivity contribution is -0.135. The Bertz CT molecular complexity index is 2060. The minimum atomic E-state index is -0.605. The molecule has 0 bridgehead atoms. The Balaban J connectivity index is 1.27. The second kappa shape index (κ2) is 11.7. The van der Waals surface area contributed by atoms with Gasteiger partial charge in [0.15, 0.2) is 28.4 Å². The van der Waals surface area contributed by atoms with E-state index in [-0.39, 0.29) is 46.1 Å². The van der Waals surface area contributed by atoms with Crippen molar-refractivity contribution < 1.29 is 43.1 Å². The number of rotatable bonds is 8. The highest BCUT2D eigenvalue weighted by molar-refractivity contribution is 5.93. The first-order chi connectivity index (χ1) is 22.3. The van der Waals surface area contributed by atoms with Crippen LogP contribution in [0.5, 0.6) is 40.2 Å². The summed E-state index contributed by atoms with van der Waals surface area (Å²) in [6.07, 6.45) is 1.51. The first-order valence-corrected chi connectivity index (χ1v) is 14.8. The average Bonchev–Trinajstić information content (AvgIpc) is 3.52. The van der Waals surface area contributed by atoms with Gasteiger partial charge in [-0.1, -0.05) is 18.2 Å². The van der Waals surface area contributed by atoms with Crippen LogP contribution in [0.15, 0.2) is 75.9 Å². The molecule has 2 aliphatic heterocycles. The number of esters is 1. The Morgan fingerprint density at radius 3 is 2.48 bits per heavy atom. The van der Waals surface area contributed by atoms with E-state index in [0.717, 1.165) is 17.7 Å². The zero-order valence-electron chi connectivity index (χ0n) is 25.1. The van der Waals surface area contributed by atoms with Gasteiger partial charge in [-0.2, -0.15) is 0 Å². The van der Waals surface area contributed by atoms with Crippen LogP contribution < -0.4 is 29.1 Å². The van der Waals surface area contributed by atoms with Gasteiger partial charge in [0.05, 0.1) is 33.9 Å². The van der Waals surface area contributed by atoms with Gasteiger partial charge in [0.2, 0.25) is 0 Å². The molecular weight excluding hydrogens is 592 g/mol. The summed E-state index contributed by atoms with van der Waals surface area (Å²) in [4.78, 5) is 26.2. The maximum atomic E-state index is 13.4. The van der Waals surface area contributed by atoms with Gasteiger partial charge in [0, 0.05) is 42.0 Å². The summed E-state index contributed by atoms with van der Waals surface area (Å²) in [5.41, 5.74) is 3.44. The molecule has 0 saturated heterocycles. The molecule has 0 spiro atoms. The minimum Gasteiger partial charge on any atom is -0.507 e. The number of phenols is 2. The highest BCUT2D eigenvalue weighted by Crippen LogP contribution is 2.47. The normalized spacial score (nSPS) is 15.1. The van der Waals surface area contributed by atoms with Crippen LogP contribution in [0.25, 0.3) is 22.3 Å². The van der Waals surface area contributed by atoms with Crippen LogP contribution in [-0.4, -0.2) is 43.6 Å². The van der Waals surface area contributed by atoms with Crippen molar-refractivity contribution in [2.45, 2.75) is 25.2 Å². The van der Waals surface area contributed by atoms with Crippen LogP contribution >= 0.6 is 0 Å². The molecule has 1 unspecified atom stereocenters. The molecule has 5 aromatic rings. The summed E-state index contributed by atoms with van der Waals surface area (Å²) in [6, 6.07) is 18.7. The Morgan fingerprint density at radius 2 is 1.67 bits per heavy atom. The average molecular weight is 623 g/mol. The number of carbonyl (C=O) groups is 1. The predicted molar refractivity (Wildman–Crippen MR) is 168 cm³/mol. The van der Waals surface area contributed by atoms with E-state index in [1.165, 1.54) is 30.9 Å². The molecule has 3 heterocycles. The van der Waals surface area contributed by atoms with Crippen molar-refractivity contribution in [3.05, 3.63) is 99.2 Å². The van der Waals surface area contributed by atoms with E-state index in [1.807, 2.05) is 24.3 Å². The fourth-order valence-corrected chi connectivity index (χ4v) is 6.13. The number of carbonyl (C=O) groups excluding carboxylic acids is 1. The van der Waals surface area contributed by atoms with Crippen LogP contribution in [0.1, 0.15) is 34.6 Å². The van der Waals surface area contributed by atoms with E-state index in [1.54, 1.807) is 25.3 Å². The van der Waals surface area contributed by atoms with Gasteiger partial charge >= 0.3 is 5.97 Å². The molecule has 0 saturated carbocycles. The summed E-state index contributed by atoms with van der Waals surface area (Å²) in [6.45, 7) is 1.08. The van der Waals surface area contributed by atoms with E-state index >= 15 is 0 Å². The molecule has 10 heteroatoms. The lowest BCUT2D eigenvalue weighted by atomic mass is 9.85. The zero-order chi connectivity index (χ0) is 31.9. The maximum absolute atomic E-state index is 13.4. The largest absolute Gasteiger partial charge is 0.507 e. The third-order valence-corrected chi connectivity index (χ3v) is 8.38. The summed E-state index contributed by atoms with van der Waals surface area (Å²) in [7, 11) is 2.99. The minimum absolute atomic E-state index is 0.0482. The molecule has 1 aromatic heterocycles. The van der Waals surface area contributed by atoms with Crippen molar-refractivity contribution in [2.24, 2.45) is 0 Å². The first kappa shape index (κ1) is 29.1. The Morgan fingerprint density at radius 1 is 0.848 bits per heavy atom. The molecule has 2 aliphatic rings. The molecule has 1 atom stereocenters. The second-order valence-corrected chi connectivity index (χ2v) is 11.2. The Kier molecular flexibility index (Phi) is 7.40. The molecule has 7 rings (SSSR count). The van der Waals surface area contributed by atoms with Gasteiger partial charge in [0.25, 0.3) is 0 Å². The van der Waals surface area contributed by atoms with E-state index in [0.29, 0.717) is 47.8 Å². The van der Waals surface area contributed by atoms with Crippen molar-refractivity contribution in [3.8, 4) is 51.6 Å². The molecule has 46 heavy (non-hydrogen) atoms.